The first-order valence-electron chi connectivity index (χ1n) is 10.6. The molecule has 0 aliphatic heterocycles. The lowest BCUT2D eigenvalue weighted by Gasteiger charge is -2.13. The summed E-state index contributed by atoms with van der Waals surface area (Å²) in [5.74, 6) is 0.0666. The monoisotopic (exact) mass is 524 g/mol. The van der Waals surface area contributed by atoms with Gasteiger partial charge in [0.25, 0.3) is 0 Å². The van der Waals surface area contributed by atoms with Gasteiger partial charge in [0.2, 0.25) is 11.8 Å². The molecule has 1 amide bonds. The molecule has 10 heteroatoms. The predicted molar refractivity (Wildman–Crippen MR) is 133 cm³/mol. The Kier molecular flexibility index (Phi) is 7.61. The van der Waals surface area contributed by atoms with Crippen LogP contribution in [0.2, 0.25) is 0 Å². The quantitative estimate of drug-likeness (QED) is 0.277. The molecule has 34 heavy (non-hydrogen) atoms. The number of pyridine rings is 1. The summed E-state index contributed by atoms with van der Waals surface area (Å²) in [6.45, 7) is 1.24. The molecule has 0 spiro atoms. The van der Waals surface area contributed by atoms with Crippen molar-refractivity contribution in [3.8, 4) is 17.0 Å². The average Bonchev–Trinajstić information content (AvgIpc) is 2.83. The van der Waals surface area contributed by atoms with Crippen LogP contribution in [-0.2, 0) is 0 Å². The average molecular weight is 525 g/mol. The number of nitrogens with zero attached hydrogens (tertiary/aromatic N) is 3. The summed E-state index contributed by atoms with van der Waals surface area (Å²) in [7, 11) is 1.85. The van der Waals surface area contributed by atoms with Gasteiger partial charge in [-0.2, -0.15) is 9.97 Å². The van der Waals surface area contributed by atoms with E-state index in [9.17, 15) is 9.18 Å². The fraction of sp³-hybridized carbons (Fsp3) is 0.167. The van der Waals surface area contributed by atoms with Gasteiger partial charge in [-0.05, 0) is 56.4 Å². The van der Waals surface area contributed by atoms with Crippen molar-refractivity contribution in [1.29, 1.82) is 0 Å². The van der Waals surface area contributed by atoms with Crippen molar-refractivity contribution in [1.82, 2.24) is 25.6 Å². The van der Waals surface area contributed by atoms with Crippen molar-refractivity contribution < 1.29 is 13.9 Å². The predicted octanol–water partition coefficient (Wildman–Crippen LogP) is 5.03. The van der Waals surface area contributed by atoms with E-state index in [2.05, 4.69) is 46.8 Å². The second kappa shape index (κ2) is 11.0. The Morgan fingerprint density at radius 1 is 1.06 bits per heavy atom. The summed E-state index contributed by atoms with van der Waals surface area (Å²) in [5.41, 5.74) is 2.40. The molecule has 0 aliphatic carbocycles. The second-order valence-electron chi connectivity index (χ2n) is 7.33. The molecule has 4 rings (SSSR count). The highest BCUT2D eigenvalue weighted by atomic mass is 79.9. The van der Waals surface area contributed by atoms with E-state index in [1.54, 1.807) is 18.3 Å². The van der Waals surface area contributed by atoms with E-state index >= 15 is 0 Å². The molecule has 8 nitrogen and oxygen atoms in total. The standard InChI is InChI=1S/C24H22BrFN6O2/c1-27-11-4-12-28-24(33)34-22-19(18-5-2-3-6-20(18)25)13-15-14-29-23(32-21(15)31-22)30-17-9-7-16(26)8-10-17/h2-3,5-10,13-14,27H,4,11-12H2,1H3,(H,28,33)(H,29,30,31,32). The number of amides is 1. The number of halogens is 2. The zero-order valence-corrected chi connectivity index (χ0v) is 19.9. The van der Waals surface area contributed by atoms with Crippen molar-refractivity contribution in [3.63, 3.8) is 0 Å². The van der Waals surface area contributed by atoms with Crippen LogP contribution in [0.25, 0.3) is 22.2 Å². The molecule has 0 saturated carbocycles. The maximum absolute atomic E-state index is 13.2. The number of hydrogen-bond donors (Lipinski definition) is 3. The van der Waals surface area contributed by atoms with Crippen LogP contribution >= 0.6 is 15.9 Å². The van der Waals surface area contributed by atoms with Gasteiger partial charge >= 0.3 is 6.09 Å². The summed E-state index contributed by atoms with van der Waals surface area (Å²) in [5, 5.41) is 9.43. The van der Waals surface area contributed by atoms with Crippen LogP contribution in [0, 0.1) is 5.82 Å². The Balaban J connectivity index is 1.67. The highest BCUT2D eigenvalue weighted by molar-refractivity contribution is 9.10. The Morgan fingerprint density at radius 3 is 2.62 bits per heavy atom. The summed E-state index contributed by atoms with van der Waals surface area (Å²) < 4.78 is 19.6. The van der Waals surface area contributed by atoms with Crippen LogP contribution in [-0.4, -0.2) is 41.2 Å². The lowest BCUT2D eigenvalue weighted by molar-refractivity contribution is 0.199. The van der Waals surface area contributed by atoms with Crippen molar-refractivity contribution in [3.05, 3.63) is 71.1 Å². The van der Waals surface area contributed by atoms with Gasteiger partial charge in [-0.15, -0.1) is 0 Å². The zero-order valence-electron chi connectivity index (χ0n) is 18.3. The minimum Gasteiger partial charge on any atom is -0.391 e. The maximum Gasteiger partial charge on any atom is 0.413 e. The first kappa shape index (κ1) is 23.5. The van der Waals surface area contributed by atoms with E-state index in [0.29, 0.717) is 28.8 Å². The van der Waals surface area contributed by atoms with E-state index in [1.165, 1.54) is 12.1 Å². The summed E-state index contributed by atoms with van der Waals surface area (Å²) in [6, 6.07) is 15.3. The Bertz CT molecular complexity index is 1300. The van der Waals surface area contributed by atoms with Crippen LogP contribution < -0.4 is 20.7 Å². The van der Waals surface area contributed by atoms with E-state index in [4.69, 9.17) is 4.74 Å². The molecular formula is C24H22BrFN6O2. The van der Waals surface area contributed by atoms with Gasteiger partial charge in [0, 0.05) is 39.4 Å². The molecule has 2 aromatic heterocycles. The van der Waals surface area contributed by atoms with Crippen molar-refractivity contribution in [2.75, 3.05) is 25.5 Å². The van der Waals surface area contributed by atoms with E-state index in [1.807, 2.05) is 37.4 Å². The van der Waals surface area contributed by atoms with Crippen molar-refractivity contribution >= 4 is 44.7 Å². The van der Waals surface area contributed by atoms with Gasteiger partial charge in [-0.3, -0.25) is 0 Å². The van der Waals surface area contributed by atoms with Crippen LogP contribution in [0.4, 0.5) is 20.8 Å². The van der Waals surface area contributed by atoms with Gasteiger partial charge < -0.3 is 20.7 Å². The van der Waals surface area contributed by atoms with Gasteiger partial charge in [-0.1, -0.05) is 34.1 Å². The molecule has 0 fully saturated rings. The molecule has 3 N–H and O–H groups in total. The Labute approximate surface area is 204 Å². The van der Waals surface area contributed by atoms with Crippen molar-refractivity contribution in [2.45, 2.75) is 6.42 Å². The van der Waals surface area contributed by atoms with Gasteiger partial charge in [0.15, 0.2) is 5.65 Å². The number of fused-ring (bicyclic) bond motifs is 1. The second-order valence-corrected chi connectivity index (χ2v) is 8.19. The van der Waals surface area contributed by atoms with Crippen LogP contribution in [0.3, 0.4) is 0 Å². The lowest BCUT2D eigenvalue weighted by Crippen LogP contribution is -2.29. The largest absolute Gasteiger partial charge is 0.413 e. The maximum atomic E-state index is 13.2. The number of benzene rings is 2. The normalized spacial score (nSPS) is 10.8. The molecular weight excluding hydrogens is 503 g/mol. The number of aromatic nitrogens is 3. The number of rotatable bonds is 8. The van der Waals surface area contributed by atoms with Crippen LogP contribution in [0.15, 0.2) is 65.3 Å². The summed E-state index contributed by atoms with van der Waals surface area (Å²) in [6.07, 6.45) is 1.79. The number of hydrogen-bond acceptors (Lipinski definition) is 7. The number of ether oxygens (including phenoxy) is 1. The smallest absolute Gasteiger partial charge is 0.391 e. The number of anilines is 2. The molecule has 4 aromatic rings. The molecule has 174 valence electrons. The third kappa shape index (κ3) is 5.83. The fourth-order valence-electron chi connectivity index (χ4n) is 3.20. The first-order valence-corrected chi connectivity index (χ1v) is 11.4. The minimum atomic E-state index is -0.602. The number of nitrogens with one attached hydrogen (secondary N) is 3. The molecule has 0 saturated heterocycles. The molecule has 0 unspecified atom stereocenters. The third-order valence-corrected chi connectivity index (χ3v) is 5.55. The molecule has 0 aliphatic rings. The molecule has 0 bridgehead atoms. The fourth-order valence-corrected chi connectivity index (χ4v) is 3.70. The van der Waals surface area contributed by atoms with E-state index < -0.39 is 6.09 Å². The van der Waals surface area contributed by atoms with E-state index in [-0.39, 0.29) is 17.6 Å². The van der Waals surface area contributed by atoms with Crippen LogP contribution in [0.5, 0.6) is 5.88 Å². The molecule has 2 heterocycles. The lowest BCUT2D eigenvalue weighted by atomic mass is 10.1. The molecule has 2 aromatic carbocycles. The minimum absolute atomic E-state index is 0.122. The molecule has 0 radical (unpaired) electrons. The summed E-state index contributed by atoms with van der Waals surface area (Å²) in [4.78, 5) is 25.7. The highest BCUT2D eigenvalue weighted by Crippen LogP contribution is 2.36. The first-order chi connectivity index (χ1) is 16.5. The van der Waals surface area contributed by atoms with Gasteiger partial charge in [-0.25, -0.2) is 14.2 Å². The van der Waals surface area contributed by atoms with Gasteiger partial charge in [0.1, 0.15) is 5.82 Å². The van der Waals surface area contributed by atoms with Crippen molar-refractivity contribution in [2.24, 2.45) is 0 Å². The summed E-state index contributed by atoms with van der Waals surface area (Å²) >= 11 is 3.55. The van der Waals surface area contributed by atoms with E-state index in [0.717, 1.165) is 23.0 Å². The Hall–Kier alpha value is -3.63. The number of carbonyl (C=O) groups is 1. The Morgan fingerprint density at radius 2 is 1.85 bits per heavy atom. The number of carbonyl (C=O) groups excluding carboxylic acids is 1. The topological polar surface area (TPSA) is 101 Å². The third-order valence-electron chi connectivity index (χ3n) is 4.86. The molecule has 0 atom stereocenters. The SMILES string of the molecule is CNCCCNC(=O)Oc1nc2nc(Nc3ccc(F)cc3)ncc2cc1-c1ccccc1Br. The van der Waals surface area contributed by atoms with Crippen LogP contribution in [0.1, 0.15) is 6.42 Å². The zero-order chi connectivity index (χ0) is 23.9. The van der Waals surface area contributed by atoms with Gasteiger partial charge in [0.05, 0.1) is 0 Å². The highest BCUT2D eigenvalue weighted by Gasteiger charge is 2.17.